The average molecular weight is 479 g/mol. The average Bonchev–Trinajstić information content (AvgIpc) is 3.10. The van der Waals surface area contributed by atoms with Crippen molar-refractivity contribution in [1.29, 1.82) is 0 Å². The van der Waals surface area contributed by atoms with Crippen molar-refractivity contribution in [2.24, 2.45) is 5.73 Å². The van der Waals surface area contributed by atoms with Crippen LogP contribution in [0.5, 0.6) is 0 Å². The maximum absolute atomic E-state index is 13.8. The second-order valence-corrected chi connectivity index (χ2v) is 10.7. The van der Waals surface area contributed by atoms with E-state index in [-0.39, 0.29) is 22.9 Å². The smallest absolute Gasteiger partial charge is 0.325 e. The third-order valence-electron chi connectivity index (χ3n) is 8.57. The second kappa shape index (κ2) is 8.57. The van der Waals surface area contributed by atoms with Gasteiger partial charge in [-0.3, -0.25) is 14.6 Å². The van der Waals surface area contributed by atoms with E-state index in [1.807, 2.05) is 11.0 Å². The van der Waals surface area contributed by atoms with Crippen LogP contribution in [0.1, 0.15) is 61.1 Å². The number of carbonyl (C=O) groups excluding carboxylic acids is 2. The summed E-state index contributed by atoms with van der Waals surface area (Å²) < 4.78 is 0. The van der Waals surface area contributed by atoms with Gasteiger partial charge in [-0.05, 0) is 64.6 Å². The van der Waals surface area contributed by atoms with Crippen LogP contribution in [0.15, 0.2) is 42.7 Å². The highest BCUT2D eigenvalue weighted by atomic mass is 16.3. The quantitative estimate of drug-likeness (QED) is 0.659. The number of urea groups is 1. The number of hydrogen-bond acceptors (Lipinski definition) is 6. The number of anilines is 1. The third kappa shape index (κ3) is 3.96. The van der Waals surface area contributed by atoms with E-state index in [1.165, 1.54) is 18.0 Å². The topological polar surface area (TPSA) is 116 Å². The van der Waals surface area contributed by atoms with Gasteiger partial charge in [-0.25, -0.2) is 14.8 Å². The van der Waals surface area contributed by atoms with Gasteiger partial charge in [0, 0.05) is 5.54 Å². The molecule has 3 fully saturated rings. The fourth-order valence-electron chi connectivity index (χ4n) is 6.16. The monoisotopic (exact) mass is 478 g/mol. The third-order valence-corrected chi connectivity index (χ3v) is 8.57. The predicted molar refractivity (Wildman–Crippen MR) is 132 cm³/mol. The number of primary amides is 1. The molecule has 1 aliphatic heterocycles. The molecule has 186 valence electrons. The molecule has 2 heterocycles. The Morgan fingerprint density at radius 1 is 1.06 bits per heavy atom. The molecule has 0 bridgehead atoms. The van der Waals surface area contributed by atoms with Gasteiger partial charge in [0.05, 0.1) is 42.3 Å². The van der Waals surface area contributed by atoms with Crippen molar-refractivity contribution in [1.82, 2.24) is 19.8 Å². The first-order valence-corrected chi connectivity index (χ1v) is 12.3. The van der Waals surface area contributed by atoms with Crippen molar-refractivity contribution in [3.05, 3.63) is 54.1 Å². The Morgan fingerprint density at radius 2 is 1.69 bits per heavy atom. The molecule has 3 N–H and O–H groups in total. The van der Waals surface area contributed by atoms with Gasteiger partial charge in [0.1, 0.15) is 0 Å². The largest absolute Gasteiger partial charge is 0.388 e. The molecule has 2 aliphatic carbocycles. The summed E-state index contributed by atoms with van der Waals surface area (Å²) in [4.78, 5) is 39.2. The molecule has 5 rings (SSSR count). The van der Waals surface area contributed by atoms with Gasteiger partial charge >= 0.3 is 6.03 Å². The highest BCUT2D eigenvalue weighted by Crippen LogP contribution is 2.50. The van der Waals surface area contributed by atoms with Crippen LogP contribution >= 0.6 is 0 Å². The van der Waals surface area contributed by atoms with E-state index in [9.17, 15) is 14.7 Å². The standard InChI is InChI=1S/C26H34N6O3/c1-30(2)26(19-7-4-3-5-8-19)13-11-24(12-14-26)17-31(20-15-28-22(21(27)33)29-16-20)23(34)32(24)18-25(35)9-6-10-25/h3-5,7-8,15-16,35H,6,9-14,17-18H2,1-2H3,(H2,27,33)/t24-,26-. The first-order valence-electron chi connectivity index (χ1n) is 12.3. The van der Waals surface area contributed by atoms with Crippen molar-refractivity contribution in [2.45, 2.75) is 61.6 Å². The van der Waals surface area contributed by atoms with Gasteiger partial charge in [0.2, 0.25) is 5.82 Å². The summed E-state index contributed by atoms with van der Waals surface area (Å²) in [6.07, 6.45) is 8.82. The summed E-state index contributed by atoms with van der Waals surface area (Å²) in [5.74, 6) is -0.783. The molecule has 1 spiro atoms. The Bertz CT molecular complexity index is 1090. The van der Waals surface area contributed by atoms with E-state index in [1.54, 1.807) is 4.90 Å². The Balaban J connectivity index is 1.46. The van der Waals surface area contributed by atoms with Crippen LogP contribution in [-0.4, -0.2) is 75.1 Å². The molecule has 9 nitrogen and oxygen atoms in total. The van der Waals surface area contributed by atoms with Gasteiger partial charge in [0.25, 0.3) is 5.91 Å². The first-order chi connectivity index (χ1) is 16.7. The summed E-state index contributed by atoms with van der Waals surface area (Å²) in [5, 5.41) is 11.0. The zero-order valence-electron chi connectivity index (χ0n) is 20.5. The summed E-state index contributed by atoms with van der Waals surface area (Å²) in [7, 11) is 4.26. The first kappa shape index (κ1) is 23.7. The number of hydrogen-bond donors (Lipinski definition) is 2. The SMILES string of the molecule is CN(C)[C@]1(c2ccccc2)CC[C@@]2(CC1)CN(c1cnc(C(N)=O)nc1)C(=O)N2CC1(O)CCC1. The van der Waals surface area contributed by atoms with Crippen LogP contribution in [0, 0.1) is 0 Å². The summed E-state index contributed by atoms with van der Waals surface area (Å²) in [6, 6.07) is 10.4. The minimum atomic E-state index is -0.819. The molecule has 1 aromatic heterocycles. The lowest BCUT2D eigenvalue weighted by Crippen LogP contribution is -2.59. The Hall–Kier alpha value is -3.04. The van der Waals surface area contributed by atoms with Crippen LogP contribution in [-0.2, 0) is 5.54 Å². The van der Waals surface area contributed by atoms with Crippen molar-refractivity contribution in [3.63, 3.8) is 0 Å². The molecule has 1 saturated heterocycles. The van der Waals surface area contributed by atoms with Crippen molar-refractivity contribution in [3.8, 4) is 0 Å². The molecule has 0 atom stereocenters. The van der Waals surface area contributed by atoms with Crippen LogP contribution in [0.4, 0.5) is 10.5 Å². The number of nitrogens with zero attached hydrogens (tertiary/aromatic N) is 5. The van der Waals surface area contributed by atoms with E-state index >= 15 is 0 Å². The molecule has 2 aromatic rings. The number of aliphatic hydroxyl groups is 1. The maximum atomic E-state index is 13.8. The van der Waals surface area contributed by atoms with Crippen LogP contribution < -0.4 is 10.6 Å². The molecule has 0 radical (unpaired) electrons. The molecule has 2 saturated carbocycles. The zero-order valence-corrected chi connectivity index (χ0v) is 20.5. The summed E-state index contributed by atoms with van der Waals surface area (Å²) >= 11 is 0. The Morgan fingerprint density at radius 3 is 2.20 bits per heavy atom. The summed E-state index contributed by atoms with van der Waals surface area (Å²) in [6.45, 7) is 0.836. The number of amides is 3. The second-order valence-electron chi connectivity index (χ2n) is 10.7. The Kier molecular flexibility index (Phi) is 5.80. The fourth-order valence-corrected chi connectivity index (χ4v) is 6.16. The van der Waals surface area contributed by atoms with Gasteiger partial charge in [0.15, 0.2) is 0 Å². The van der Waals surface area contributed by atoms with E-state index in [0.29, 0.717) is 18.8 Å². The highest BCUT2D eigenvalue weighted by Gasteiger charge is 2.56. The fraction of sp³-hybridized carbons (Fsp3) is 0.538. The van der Waals surface area contributed by atoms with Crippen molar-refractivity contribution in [2.75, 3.05) is 32.1 Å². The molecule has 3 amide bonds. The number of aromatic nitrogens is 2. The van der Waals surface area contributed by atoms with Crippen molar-refractivity contribution < 1.29 is 14.7 Å². The molecule has 3 aliphatic rings. The minimum absolute atomic E-state index is 0.0768. The van der Waals surface area contributed by atoms with Crippen LogP contribution in [0.25, 0.3) is 0 Å². The number of carbonyl (C=O) groups is 2. The molecular weight excluding hydrogens is 444 g/mol. The minimum Gasteiger partial charge on any atom is -0.388 e. The highest BCUT2D eigenvalue weighted by molar-refractivity contribution is 5.95. The lowest BCUT2D eigenvalue weighted by molar-refractivity contribution is -0.0725. The van der Waals surface area contributed by atoms with Gasteiger partial charge in [-0.2, -0.15) is 0 Å². The maximum Gasteiger partial charge on any atom is 0.325 e. The van der Waals surface area contributed by atoms with Crippen LogP contribution in [0.2, 0.25) is 0 Å². The van der Waals surface area contributed by atoms with Crippen LogP contribution in [0.3, 0.4) is 0 Å². The summed E-state index contributed by atoms with van der Waals surface area (Å²) in [5.41, 5.74) is 5.80. The van der Waals surface area contributed by atoms with E-state index in [4.69, 9.17) is 5.73 Å². The Labute approximate surface area is 205 Å². The van der Waals surface area contributed by atoms with E-state index in [0.717, 1.165) is 44.9 Å². The van der Waals surface area contributed by atoms with Gasteiger partial charge in [-0.15, -0.1) is 0 Å². The van der Waals surface area contributed by atoms with Gasteiger partial charge in [-0.1, -0.05) is 30.3 Å². The zero-order chi connectivity index (χ0) is 24.8. The molecular formula is C26H34N6O3. The number of benzene rings is 1. The number of rotatable bonds is 6. The molecule has 9 heteroatoms. The number of β-amino-alcohol motifs (C(OH)–C–C–N with tert-alkyl or cyclic N) is 1. The van der Waals surface area contributed by atoms with Gasteiger partial charge < -0.3 is 15.7 Å². The normalized spacial score (nSPS) is 27.9. The van der Waals surface area contributed by atoms with E-state index in [2.05, 4.69) is 53.2 Å². The van der Waals surface area contributed by atoms with Crippen molar-refractivity contribution >= 4 is 17.6 Å². The predicted octanol–water partition coefficient (Wildman–Crippen LogP) is 2.50. The number of nitrogens with two attached hydrogens (primary N) is 1. The van der Waals surface area contributed by atoms with E-state index < -0.39 is 11.5 Å². The lowest BCUT2D eigenvalue weighted by atomic mass is 9.67. The molecule has 35 heavy (non-hydrogen) atoms. The molecule has 1 aromatic carbocycles. The molecule has 0 unspecified atom stereocenters. The lowest BCUT2D eigenvalue weighted by Gasteiger charge is -2.52.